The maximum absolute atomic E-state index is 9.85. The minimum Gasteiger partial charge on any atom is -0.510 e. The molecule has 1 nitrogen and oxygen atoms in total. The fourth-order valence-corrected chi connectivity index (χ4v) is 0.827. The SMILES string of the molecule is Cc1ccc[n+](C)c1C.[F][Al-]([F])([F])[F]. The van der Waals surface area contributed by atoms with E-state index in [9.17, 15) is 14.1 Å². The molecule has 0 radical (unpaired) electrons. The number of hydrogen-bond acceptors (Lipinski definition) is 0. The molecule has 80 valence electrons. The summed E-state index contributed by atoms with van der Waals surface area (Å²) in [5.41, 5.74) is 2.68. The number of nitrogens with zero attached hydrogens (tertiary/aromatic N) is 1. The van der Waals surface area contributed by atoms with Crippen molar-refractivity contribution in [3.05, 3.63) is 29.6 Å². The highest BCUT2D eigenvalue weighted by Gasteiger charge is 2.41. The van der Waals surface area contributed by atoms with Gasteiger partial charge in [0, 0.05) is 18.6 Å². The van der Waals surface area contributed by atoms with Crippen molar-refractivity contribution in [2.75, 3.05) is 0 Å². The number of pyridine rings is 1. The van der Waals surface area contributed by atoms with Crippen LogP contribution in [-0.2, 0) is 7.05 Å². The molecule has 14 heavy (non-hydrogen) atoms. The molecule has 0 saturated carbocycles. The molecule has 6 heteroatoms. The number of halogens is 4. The third-order valence-corrected chi connectivity index (χ3v) is 1.76. The third-order valence-electron chi connectivity index (χ3n) is 1.76. The monoisotopic (exact) mass is 225 g/mol. The average Bonchev–Trinajstić information content (AvgIpc) is 1.97. The van der Waals surface area contributed by atoms with E-state index in [2.05, 4.69) is 43.8 Å². The summed E-state index contributed by atoms with van der Waals surface area (Å²) >= 11 is -6.83. The lowest BCUT2D eigenvalue weighted by molar-refractivity contribution is -0.678. The van der Waals surface area contributed by atoms with Crippen molar-refractivity contribution in [3.63, 3.8) is 0 Å². The van der Waals surface area contributed by atoms with Crippen molar-refractivity contribution < 1.29 is 18.7 Å². The van der Waals surface area contributed by atoms with E-state index in [0.717, 1.165) is 0 Å². The zero-order valence-corrected chi connectivity index (χ0v) is 9.42. The largest absolute Gasteiger partial charge is 1.04 e. The van der Waals surface area contributed by atoms with Crippen molar-refractivity contribution in [1.29, 1.82) is 0 Å². The lowest BCUT2D eigenvalue weighted by Gasteiger charge is -1.94. The van der Waals surface area contributed by atoms with Gasteiger partial charge in [0.1, 0.15) is 7.05 Å². The van der Waals surface area contributed by atoms with E-state index < -0.39 is 14.9 Å². The van der Waals surface area contributed by atoms with E-state index in [-0.39, 0.29) is 0 Å². The van der Waals surface area contributed by atoms with Gasteiger partial charge in [0.25, 0.3) is 0 Å². The van der Waals surface area contributed by atoms with Crippen LogP contribution in [-0.4, -0.2) is 14.9 Å². The third kappa shape index (κ3) is 6.87. The molecule has 0 saturated heterocycles. The number of hydrogen-bond donors (Lipinski definition) is 0. The van der Waals surface area contributed by atoms with Crippen LogP contribution >= 0.6 is 0 Å². The molecule has 0 aliphatic carbocycles. The van der Waals surface area contributed by atoms with Crippen LogP contribution in [0.1, 0.15) is 11.3 Å². The molecule has 0 fully saturated rings. The first-order valence-corrected chi connectivity index (χ1v) is 5.75. The Morgan fingerprint density at radius 2 is 1.57 bits per heavy atom. The van der Waals surface area contributed by atoms with E-state index in [1.54, 1.807) is 0 Å². The lowest BCUT2D eigenvalue weighted by atomic mass is 10.2. The van der Waals surface area contributed by atoms with Crippen LogP contribution in [0, 0.1) is 13.8 Å². The van der Waals surface area contributed by atoms with Crippen molar-refractivity contribution in [1.82, 2.24) is 0 Å². The Labute approximate surface area is 84.6 Å². The van der Waals surface area contributed by atoms with Crippen LogP contribution in [0.15, 0.2) is 18.3 Å². The second-order valence-corrected chi connectivity index (χ2v) is 3.87. The second kappa shape index (κ2) is 5.32. The van der Waals surface area contributed by atoms with Crippen LogP contribution < -0.4 is 4.57 Å². The summed E-state index contributed by atoms with van der Waals surface area (Å²) in [5, 5.41) is 0. The van der Waals surface area contributed by atoms with Gasteiger partial charge in [-0.1, -0.05) is 0 Å². The first kappa shape index (κ1) is 13.4. The highest BCUT2D eigenvalue weighted by molar-refractivity contribution is 6.50. The Hall–Kier alpha value is -0.598. The van der Waals surface area contributed by atoms with Gasteiger partial charge >= 0.3 is 14.9 Å². The summed E-state index contributed by atoms with van der Waals surface area (Å²) in [6, 6.07) is 4.18. The van der Waals surface area contributed by atoms with E-state index in [0.29, 0.717) is 0 Å². The van der Waals surface area contributed by atoms with Gasteiger partial charge in [-0.2, -0.15) is 0 Å². The molecule has 0 spiro atoms. The zero-order chi connectivity index (χ0) is 11.4. The smallest absolute Gasteiger partial charge is 0.510 e. The fraction of sp³-hybridized carbons (Fsp3) is 0.375. The van der Waals surface area contributed by atoms with Crippen LogP contribution in [0.25, 0.3) is 0 Å². The van der Waals surface area contributed by atoms with Crippen molar-refractivity contribution >= 4 is 14.9 Å². The second-order valence-electron chi connectivity index (χ2n) is 2.88. The Morgan fingerprint density at radius 1 is 1.14 bits per heavy atom. The Bertz CT molecular complexity index is 272. The Morgan fingerprint density at radius 3 is 1.86 bits per heavy atom. The number of aryl methyl sites for hydroxylation is 2. The van der Waals surface area contributed by atoms with Crippen LogP contribution in [0.2, 0.25) is 0 Å². The number of aromatic nitrogens is 1. The topological polar surface area (TPSA) is 3.88 Å². The minimum atomic E-state index is -6.83. The first-order chi connectivity index (χ1) is 6.22. The highest BCUT2D eigenvalue weighted by atomic mass is 27.5. The molecule has 0 unspecified atom stereocenters. The van der Waals surface area contributed by atoms with Gasteiger partial charge in [-0.05, 0) is 13.0 Å². The van der Waals surface area contributed by atoms with Gasteiger partial charge in [-0.3, -0.25) is 0 Å². The summed E-state index contributed by atoms with van der Waals surface area (Å²) in [6.07, 6.45) is 2.06. The molecule has 1 aromatic rings. The predicted molar refractivity (Wildman–Crippen MR) is 47.3 cm³/mol. The molecular weight excluding hydrogens is 213 g/mol. The van der Waals surface area contributed by atoms with Gasteiger partial charge in [-0.15, -0.1) is 0 Å². The minimum absolute atomic E-state index is 1.33. The quantitative estimate of drug-likeness (QED) is 0.362. The van der Waals surface area contributed by atoms with Crippen LogP contribution in [0.5, 0.6) is 0 Å². The van der Waals surface area contributed by atoms with E-state index in [1.165, 1.54) is 11.3 Å². The van der Waals surface area contributed by atoms with Crippen LogP contribution in [0.4, 0.5) is 14.1 Å². The molecule has 0 N–H and O–H groups in total. The zero-order valence-electron chi connectivity index (χ0n) is 8.27. The molecule has 0 aromatic carbocycles. The summed E-state index contributed by atoms with van der Waals surface area (Å²) in [4.78, 5) is 0. The fourth-order valence-electron chi connectivity index (χ4n) is 0.827. The van der Waals surface area contributed by atoms with Crippen molar-refractivity contribution in [3.8, 4) is 0 Å². The Balaban J connectivity index is 0.000000292. The van der Waals surface area contributed by atoms with E-state index in [4.69, 9.17) is 0 Å². The molecular formula is C8H12AlF4N. The van der Waals surface area contributed by atoms with Crippen LogP contribution in [0.3, 0.4) is 0 Å². The maximum Gasteiger partial charge on any atom is 1.04 e. The van der Waals surface area contributed by atoms with E-state index in [1.807, 2.05) is 0 Å². The van der Waals surface area contributed by atoms with Gasteiger partial charge in [0.15, 0.2) is 11.9 Å². The van der Waals surface area contributed by atoms with Crippen molar-refractivity contribution in [2.45, 2.75) is 13.8 Å². The lowest BCUT2D eigenvalue weighted by Crippen LogP contribution is -2.31. The average molecular weight is 225 g/mol. The summed E-state index contributed by atoms with van der Waals surface area (Å²) < 4.78 is 41.5. The summed E-state index contributed by atoms with van der Waals surface area (Å²) in [7, 11) is 2.06. The van der Waals surface area contributed by atoms with Crippen molar-refractivity contribution in [2.24, 2.45) is 7.05 Å². The predicted octanol–water partition coefficient (Wildman–Crippen LogP) is 2.43. The standard InChI is InChI=1S/C8H12N.Al.4FH/c1-7-5-4-6-9(3)8(7)2;;;;;/h4-6H,1-3H3;;4*1H/q+1;+3;;;;/p-4. The molecule has 1 heterocycles. The Kier molecular flexibility index (Phi) is 5.10. The summed E-state index contributed by atoms with van der Waals surface area (Å²) in [5.74, 6) is 0. The molecule has 0 aliphatic rings. The van der Waals surface area contributed by atoms with Gasteiger partial charge in [0.05, 0.1) is 0 Å². The molecule has 1 rings (SSSR count). The van der Waals surface area contributed by atoms with Gasteiger partial charge < -0.3 is 14.1 Å². The normalized spacial score (nSPS) is 10.5. The highest BCUT2D eigenvalue weighted by Crippen LogP contribution is 2.06. The number of rotatable bonds is 0. The molecule has 0 amide bonds. The molecule has 0 bridgehead atoms. The van der Waals surface area contributed by atoms with Gasteiger partial charge in [-0.25, -0.2) is 4.57 Å². The molecule has 1 aromatic heterocycles. The first-order valence-electron chi connectivity index (χ1n) is 4.01. The van der Waals surface area contributed by atoms with Gasteiger partial charge in [0.2, 0.25) is 0 Å². The van der Waals surface area contributed by atoms with E-state index >= 15 is 0 Å². The maximum atomic E-state index is 9.85. The summed E-state index contributed by atoms with van der Waals surface area (Å²) in [6.45, 7) is 4.24. The molecule has 0 atom stereocenters. The molecule has 0 aliphatic heterocycles.